The van der Waals surface area contributed by atoms with Crippen LogP contribution in [0.1, 0.15) is 41.6 Å². The molecule has 0 bridgehead atoms. The number of likely N-dealkylation sites (tertiary alicyclic amines) is 1. The summed E-state index contributed by atoms with van der Waals surface area (Å²) in [4.78, 5) is 2.54. The van der Waals surface area contributed by atoms with Crippen LogP contribution in [0.5, 0.6) is 0 Å². The van der Waals surface area contributed by atoms with E-state index in [4.69, 9.17) is 0 Å². The molecular formula is C17H22FN3S. The van der Waals surface area contributed by atoms with E-state index in [2.05, 4.69) is 39.4 Å². The summed E-state index contributed by atoms with van der Waals surface area (Å²) in [6.45, 7) is 3.41. The van der Waals surface area contributed by atoms with Crippen molar-refractivity contribution >= 4 is 12.1 Å². The molecule has 1 saturated heterocycles. The molecule has 22 heavy (non-hydrogen) atoms. The number of hydrogen-bond donors (Lipinski definition) is 1. The molecule has 0 saturated carbocycles. The minimum Gasteiger partial charge on any atom is -0.299 e. The Labute approximate surface area is 135 Å². The van der Waals surface area contributed by atoms with Gasteiger partial charge in [-0.25, -0.2) is 0 Å². The normalized spacial score (nSPS) is 16.0. The highest BCUT2D eigenvalue weighted by molar-refractivity contribution is 7.93. The number of halogens is 1. The lowest BCUT2D eigenvalue weighted by molar-refractivity contribution is 0.220. The molecule has 3 nitrogen and oxygen atoms in total. The van der Waals surface area contributed by atoms with Gasteiger partial charge in [-0.2, -0.15) is 8.98 Å². The highest BCUT2D eigenvalue weighted by Crippen LogP contribution is 2.21. The van der Waals surface area contributed by atoms with E-state index in [9.17, 15) is 3.89 Å². The fourth-order valence-electron chi connectivity index (χ4n) is 3.12. The SMILES string of the molecule is FSCc1[nH]ncc1Cc1ccccc1CN1CCCCC1. The van der Waals surface area contributed by atoms with E-state index in [0.717, 1.165) is 24.2 Å². The lowest BCUT2D eigenvalue weighted by Crippen LogP contribution is -2.29. The number of piperidine rings is 1. The largest absolute Gasteiger partial charge is 0.299 e. The number of H-pyrrole nitrogens is 1. The zero-order chi connectivity index (χ0) is 15.2. The minimum absolute atomic E-state index is 0.337. The summed E-state index contributed by atoms with van der Waals surface area (Å²) in [6, 6.07) is 8.58. The van der Waals surface area contributed by atoms with Crippen molar-refractivity contribution < 1.29 is 3.89 Å². The van der Waals surface area contributed by atoms with Crippen LogP contribution in [0.25, 0.3) is 0 Å². The molecule has 2 heterocycles. The van der Waals surface area contributed by atoms with Crippen LogP contribution in [0.2, 0.25) is 0 Å². The van der Waals surface area contributed by atoms with E-state index in [1.54, 1.807) is 0 Å². The van der Waals surface area contributed by atoms with Crippen LogP contribution in [0.15, 0.2) is 30.5 Å². The van der Waals surface area contributed by atoms with Gasteiger partial charge in [0.1, 0.15) is 0 Å². The number of benzene rings is 1. The molecule has 0 spiro atoms. The van der Waals surface area contributed by atoms with E-state index in [1.165, 1.54) is 43.5 Å². The molecule has 1 N–H and O–H groups in total. The van der Waals surface area contributed by atoms with Gasteiger partial charge in [-0.1, -0.05) is 30.7 Å². The zero-order valence-corrected chi connectivity index (χ0v) is 13.5. The minimum atomic E-state index is 0.337. The number of rotatable bonds is 6. The first kappa shape index (κ1) is 15.6. The van der Waals surface area contributed by atoms with Gasteiger partial charge >= 0.3 is 0 Å². The van der Waals surface area contributed by atoms with E-state index in [-0.39, 0.29) is 0 Å². The van der Waals surface area contributed by atoms with Gasteiger partial charge in [-0.3, -0.25) is 10.00 Å². The summed E-state index contributed by atoms with van der Waals surface area (Å²) < 4.78 is 12.5. The number of nitrogens with zero attached hydrogens (tertiary/aromatic N) is 2. The average molecular weight is 319 g/mol. The van der Waals surface area contributed by atoms with Gasteiger partial charge in [0.05, 0.1) is 29.8 Å². The zero-order valence-electron chi connectivity index (χ0n) is 12.7. The quantitative estimate of drug-likeness (QED) is 0.870. The van der Waals surface area contributed by atoms with Crippen molar-refractivity contribution in [1.82, 2.24) is 15.1 Å². The summed E-state index contributed by atoms with van der Waals surface area (Å²) in [5.41, 5.74) is 4.68. The monoisotopic (exact) mass is 319 g/mol. The first-order valence-electron chi connectivity index (χ1n) is 7.90. The second-order valence-corrected chi connectivity index (χ2v) is 6.42. The third-order valence-corrected chi connectivity index (χ3v) is 4.75. The van der Waals surface area contributed by atoms with E-state index in [0.29, 0.717) is 17.9 Å². The van der Waals surface area contributed by atoms with Gasteiger partial charge in [-0.15, -0.1) is 0 Å². The topological polar surface area (TPSA) is 31.9 Å². The second-order valence-electron chi connectivity index (χ2n) is 5.91. The summed E-state index contributed by atoms with van der Waals surface area (Å²) in [6.07, 6.45) is 6.61. The lowest BCUT2D eigenvalue weighted by atomic mass is 9.99. The maximum atomic E-state index is 12.5. The number of aromatic nitrogens is 2. The third kappa shape index (κ3) is 3.90. The van der Waals surface area contributed by atoms with Crippen LogP contribution in [0.3, 0.4) is 0 Å². The predicted octanol–water partition coefficient (Wildman–Crippen LogP) is 4.10. The molecule has 0 aliphatic carbocycles. The van der Waals surface area contributed by atoms with Gasteiger partial charge in [0, 0.05) is 13.0 Å². The van der Waals surface area contributed by atoms with Gasteiger partial charge in [0.2, 0.25) is 0 Å². The van der Waals surface area contributed by atoms with Crippen LogP contribution >= 0.6 is 12.1 Å². The Bertz CT molecular complexity index is 593. The molecule has 0 amide bonds. The van der Waals surface area contributed by atoms with Crippen LogP contribution in [-0.2, 0) is 18.7 Å². The lowest BCUT2D eigenvalue weighted by Gasteiger charge is -2.27. The first-order valence-corrected chi connectivity index (χ1v) is 8.79. The molecule has 118 valence electrons. The van der Waals surface area contributed by atoms with Crippen LogP contribution in [-0.4, -0.2) is 28.2 Å². The van der Waals surface area contributed by atoms with E-state index >= 15 is 0 Å². The first-order chi connectivity index (χ1) is 10.9. The Hall–Kier alpha value is -1.33. The maximum absolute atomic E-state index is 12.5. The molecule has 0 radical (unpaired) electrons. The third-order valence-electron chi connectivity index (χ3n) is 4.35. The van der Waals surface area contributed by atoms with E-state index in [1.807, 2.05) is 6.20 Å². The Morgan fingerprint density at radius 1 is 1.09 bits per heavy atom. The van der Waals surface area contributed by atoms with Crippen molar-refractivity contribution in [1.29, 1.82) is 0 Å². The maximum Gasteiger partial charge on any atom is 0.0672 e. The number of nitrogens with one attached hydrogen (secondary N) is 1. The van der Waals surface area contributed by atoms with E-state index < -0.39 is 0 Å². The van der Waals surface area contributed by atoms with Crippen molar-refractivity contribution in [2.75, 3.05) is 13.1 Å². The molecule has 0 atom stereocenters. The second kappa shape index (κ2) is 7.79. The summed E-state index contributed by atoms with van der Waals surface area (Å²) >= 11 is 0.337. The summed E-state index contributed by atoms with van der Waals surface area (Å²) in [5.74, 6) is 0.337. The summed E-state index contributed by atoms with van der Waals surface area (Å²) in [7, 11) is 0. The highest BCUT2D eigenvalue weighted by Gasteiger charge is 2.14. The number of hydrogen-bond acceptors (Lipinski definition) is 3. The number of aromatic amines is 1. The van der Waals surface area contributed by atoms with Crippen LogP contribution < -0.4 is 0 Å². The van der Waals surface area contributed by atoms with Gasteiger partial charge in [0.15, 0.2) is 0 Å². The van der Waals surface area contributed by atoms with Crippen molar-refractivity contribution in [3.63, 3.8) is 0 Å². The Balaban J connectivity index is 1.74. The Morgan fingerprint density at radius 3 is 2.64 bits per heavy atom. The predicted molar refractivity (Wildman–Crippen MR) is 89.4 cm³/mol. The molecule has 1 aromatic heterocycles. The Morgan fingerprint density at radius 2 is 1.86 bits per heavy atom. The molecule has 2 aromatic rings. The van der Waals surface area contributed by atoms with Crippen LogP contribution in [0, 0.1) is 0 Å². The molecule has 1 fully saturated rings. The van der Waals surface area contributed by atoms with Gasteiger partial charge < -0.3 is 0 Å². The fraction of sp³-hybridized carbons (Fsp3) is 0.471. The molecule has 1 aliphatic heterocycles. The van der Waals surface area contributed by atoms with Crippen LogP contribution in [0.4, 0.5) is 3.89 Å². The van der Waals surface area contributed by atoms with Crippen molar-refractivity contribution in [2.45, 2.75) is 38.0 Å². The molecule has 1 aromatic carbocycles. The van der Waals surface area contributed by atoms with Gasteiger partial charge in [-0.05, 0) is 42.6 Å². The van der Waals surface area contributed by atoms with Crippen molar-refractivity contribution in [2.24, 2.45) is 0 Å². The molecule has 3 rings (SSSR count). The molecule has 1 aliphatic rings. The smallest absolute Gasteiger partial charge is 0.0672 e. The standard InChI is InChI=1S/C17H22FN3S/c18-22-13-17-16(11-19-20-17)10-14-6-2-3-7-15(14)12-21-8-4-1-5-9-21/h2-3,6-7,11H,1,4-5,8-10,12-13H2,(H,19,20). The summed E-state index contributed by atoms with van der Waals surface area (Å²) in [5, 5.41) is 6.97. The average Bonchev–Trinajstić information content (AvgIpc) is 2.98. The van der Waals surface area contributed by atoms with Crippen molar-refractivity contribution in [3.05, 3.63) is 52.8 Å². The Kier molecular flexibility index (Phi) is 5.51. The van der Waals surface area contributed by atoms with Gasteiger partial charge in [0.25, 0.3) is 0 Å². The highest BCUT2D eigenvalue weighted by atomic mass is 32.2. The molecule has 5 heteroatoms. The fourth-order valence-corrected chi connectivity index (χ4v) is 3.48. The van der Waals surface area contributed by atoms with Crippen molar-refractivity contribution in [3.8, 4) is 0 Å². The molecule has 0 unspecified atom stereocenters. The molecular weight excluding hydrogens is 297 g/mol.